The predicted molar refractivity (Wildman–Crippen MR) is 80.5 cm³/mol. The van der Waals surface area contributed by atoms with Crippen molar-refractivity contribution in [3.8, 4) is 0 Å². The molecule has 0 aliphatic heterocycles. The highest BCUT2D eigenvalue weighted by Crippen LogP contribution is 2.13. The zero-order chi connectivity index (χ0) is 15.8. The Bertz CT molecular complexity index is 533. The van der Waals surface area contributed by atoms with Crippen molar-refractivity contribution < 1.29 is 19.5 Å². The van der Waals surface area contributed by atoms with Gasteiger partial charge >= 0.3 is 5.97 Å². The number of carbonyl (C=O) groups is 3. The number of nitrogens with two attached hydrogens (primary N) is 1. The quantitative estimate of drug-likeness (QED) is 0.650. The SMILES string of the molecule is NC(=O)CC[C@@H](NC(=O)CCc1cccc(Br)c1)C(=O)O. The Kier molecular flexibility index (Phi) is 6.87. The van der Waals surface area contributed by atoms with Crippen molar-refractivity contribution in [1.29, 1.82) is 0 Å². The maximum Gasteiger partial charge on any atom is 0.326 e. The first-order valence-corrected chi connectivity index (χ1v) is 7.22. The van der Waals surface area contributed by atoms with Gasteiger partial charge in [0.05, 0.1) is 0 Å². The van der Waals surface area contributed by atoms with Crippen LogP contribution in [0.4, 0.5) is 0 Å². The summed E-state index contributed by atoms with van der Waals surface area (Å²) in [7, 11) is 0. The van der Waals surface area contributed by atoms with Crippen LogP contribution in [0.25, 0.3) is 0 Å². The Morgan fingerprint density at radius 1 is 1.29 bits per heavy atom. The normalized spacial score (nSPS) is 11.7. The molecule has 114 valence electrons. The minimum Gasteiger partial charge on any atom is -0.480 e. The van der Waals surface area contributed by atoms with Crippen LogP contribution in [0.5, 0.6) is 0 Å². The van der Waals surface area contributed by atoms with Gasteiger partial charge in [-0.3, -0.25) is 9.59 Å². The van der Waals surface area contributed by atoms with Gasteiger partial charge in [0.1, 0.15) is 6.04 Å². The number of hydrogen-bond acceptors (Lipinski definition) is 3. The molecule has 0 fully saturated rings. The van der Waals surface area contributed by atoms with E-state index < -0.39 is 17.9 Å². The van der Waals surface area contributed by atoms with Gasteiger partial charge in [0.2, 0.25) is 11.8 Å². The molecule has 1 aromatic carbocycles. The fraction of sp³-hybridized carbons (Fsp3) is 0.357. The number of aliphatic carboxylic acids is 1. The van der Waals surface area contributed by atoms with Crippen LogP contribution in [0.15, 0.2) is 28.7 Å². The van der Waals surface area contributed by atoms with Gasteiger partial charge in [-0.2, -0.15) is 0 Å². The van der Waals surface area contributed by atoms with Crippen molar-refractivity contribution in [3.63, 3.8) is 0 Å². The van der Waals surface area contributed by atoms with E-state index in [4.69, 9.17) is 10.8 Å². The Morgan fingerprint density at radius 2 is 2.00 bits per heavy atom. The number of nitrogens with one attached hydrogen (secondary N) is 1. The molecule has 0 saturated heterocycles. The second-order valence-electron chi connectivity index (χ2n) is 4.59. The number of primary amides is 1. The summed E-state index contributed by atoms with van der Waals surface area (Å²) in [4.78, 5) is 33.4. The van der Waals surface area contributed by atoms with Crippen LogP contribution in [-0.2, 0) is 20.8 Å². The zero-order valence-electron chi connectivity index (χ0n) is 11.3. The minimum absolute atomic E-state index is 0.00665. The molecule has 0 aliphatic carbocycles. The summed E-state index contributed by atoms with van der Waals surface area (Å²) in [6, 6.07) is 6.44. The summed E-state index contributed by atoms with van der Waals surface area (Å²) in [5, 5.41) is 11.4. The lowest BCUT2D eigenvalue weighted by Crippen LogP contribution is -2.41. The number of benzene rings is 1. The first-order chi connectivity index (χ1) is 9.88. The molecule has 1 aromatic rings. The molecular weight excluding hydrogens is 340 g/mol. The topological polar surface area (TPSA) is 109 Å². The maximum absolute atomic E-state index is 11.8. The lowest BCUT2D eigenvalue weighted by atomic mass is 10.1. The average Bonchev–Trinajstić information content (AvgIpc) is 2.40. The Labute approximate surface area is 130 Å². The summed E-state index contributed by atoms with van der Waals surface area (Å²) >= 11 is 3.34. The molecule has 2 amide bonds. The number of halogens is 1. The lowest BCUT2D eigenvalue weighted by molar-refractivity contribution is -0.142. The monoisotopic (exact) mass is 356 g/mol. The van der Waals surface area contributed by atoms with E-state index >= 15 is 0 Å². The molecule has 6 nitrogen and oxygen atoms in total. The van der Waals surface area contributed by atoms with E-state index in [-0.39, 0.29) is 25.2 Å². The molecule has 0 unspecified atom stereocenters. The molecule has 21 heavy (non-hydrogen) atoms. The van der Waals surface area contributed by atoms with E-state index in [1.165, 1.54) is 0 Å². The van der Waals surface area contributed by atoms with Gasteiger partial charge < -0.3 is 16.2 Å². The summed E-state index contributed by atoms with van der Waals surface area (Å²) in [6.45, 7) is 0. The first-order valence-electron chi connectivity index (χ1n) is 6.43. The number of carboxylic acids is 1. The van der Waals surface area contributed by atoms with Gasteiger partial charge in [0.25, 0.3) is 0 Å². The Hall–Kier alpha value is -1.89. The summed E-state index contributed by atoms with van der Waals surface area (Å²) in [5.74, 6) is -2.14. The largest absolute Gasteiger partial charge is 0.480 e. The second kappa shape index (κ2) is 8.41. The van der Waals surface area contributed by atoms with Crippen LogP contribution in [0.2, 0.25) is 0 Å². The molecule has 0 radical (unpaired) electrons. The van der Waals surface area contributed by atoms with Gasteiger partial charge in [-0.1, -0.05) is 28.1 Å². The van der Waals surface area contributed by atoms with E-state index in [0.717, 1.165) is 10.0 Å². The van der Waals surface area contributed by atoms with Crippen molar-refractivity contribution in [3.05, 3.63) is 34.3 Å². The van der Waals surface area contributed by atoms with Gasteiger partial charge in [-0.25, -0.2) is 4.79 Å². The van der Waals surface area contributed by atoms with Gasteiger partial charge in [0, 0.05) is 17.3 Å². The molecule has 0 bridgehead atoms. The molecule has 1 rings (SSSR count). The lowest BCUT2D eigenvalue weighted by Gasteiger charge is -2.13. The number of amides is 2. The van der Waals surface area contributed by atoms with Crippen LogP contribution in [0, 0.1) is 0 Å². The van der Waals surface area contributed by atoms with Gasteiger partial charge in [0.15, 0.2) is 0 Å². The van der Waals surface area contributed by atoms with E-state index in [2.05, 4.69) is 21.2 Å². The molecule has 0 aliphatic rings. The molecule has 4 N–H and O–H groups in total. The third-order valence-corrected chi connectivity index (χ3v) is 3.34. The number of rotatable bonds is 8. The van der Waals surface area contributed by atoms with Crippen molar-refractivity contribution >= 4 is 33.7 Å². The number of carboxylic acid groups (broad SMARTS) is 1. The molecular formula is C14H17BrN2O4. The minimum atomic E-state index is -1.17. The standard InChI is InChI=1S/C14H17BrN2O4/c15-10-3-1-2-9(8-10)4-7-13(19)17-11(14(20)21)5-6-12(16)18/h1-3,8,11H,4-7H2,(H2,16,18)(H,17,19)(H,20,21)/t11-/m1/s1. The molecule has 7 heteroatoms. The zero-order valence-corrected chi connectivity index (χ0v) is 12.9. The van der Waals surface area contributed by atoms with Crippen molar-refractivity contribution in [2.75, 3.05) is 0 Å². The summed E-state index contributed by atoms with van der Waals surface area (Å²) < 4.78 is 0.922. The molecule has 0 spiro atoms. The molecule has 0 aromatic heterocycles. The first kappa shape index (κ1) is 17.2. The van der Waals surface area contributed by atoms with Crippen LogP contribution in [0.1, 0.15) is 24.8 Å². The highest BCUT2D eigenvalue weighted by Gasteiger charge is 2.20. The van der Waals surface area contributed by atoms with Crippen LogP contribution in [0.3, 0.4) is 0 Å². The van der Waals surface area contributed by atoms with Crippen LogP contribution < -0.4 is 11.1 Å². The smallest absolute Gasteiger partial charge is 0.326 e. The van der Waals surface area contributed by atoms with Crippen molar-refractivity contribution in [1.82, 2.24) is 5.32 Å². The number of aryl methyl sites for hydroxylation is 1. The predicted octanol–water partition coefficient (Wildman–Crippen LogP) is 1.22. The average molecular weight is 357 g/mol. The Morgan fingerprint density at radius 3 is 2.57 bits per heavy atom. The van der Waals surface area contributed by atoms with Crippen molar-refractivity contribution in [2.45, 2.75) is 31.7 Å². The van der Waals surface area contributed by atoms with E-state index in [9.17, 15) is 14.4 Å². The fourth-order valence-corrected chi connectivity index (χ4v) is 2.21. The fourth-order valence-electron chi connectivity index (χ4n) is 1.76. The third-order valence-electron chi connectivity index (χ3n) is 2.84. The third kappa shape index (κ3) is 6.89. The Balaban J connectivity index is 2.46. The summed E-state index contributed by atoms with van der Waals surface area (Å²) in [6.07, 6.45) is 0.598. The van der Waals surface area contributed by atoms with E-state index in [1.807, 2.05) is 24.3 Å². The van der Waals surface area contributed by atoms with Gasteiger partial charge in [-0.05, 0) is 30.5 Å². The molecule has 0 heterocycles. The highest BCUT2D eigenvalue weighted by molar-refractivity contribution is 9.10. The molecule has 1 atom stereocenters. The highest BCUT2D eigenvalue weighted by atomic mass is 79.9. The van der Waals surface area contributed by atoms with E-state index in [0.29, 0.717) is 6.42 Å². The summed E-state index contributed by atoms with van der Waals surface area (Å²) in [5.41, 5.74) is 5.95. The van der Waals surface area contributed by atoms with Crippen LogP contribution in [-0.4, -0.2) is 28.9 Å². The number of carbonyl (C=O) groups excluding carboxylic acids is 2. The second-order valence-corrected chi connectivity index (χ2v) is 5.51. The van der Waals surface area contributed by atoms with E-state index in [1.54, 1.807) is 0 Å². The number of hydrogen-bond donors (Lipinski definition) is 3. The maximum atomic E-state index is 11.8. The van der Waals surface area contributed by atoms with Crippen LogP contribution >= 0.6 is 15.9 Å². The molecule has 0 saturated carbocycles. The van der Waals surface area contributed by atoms with Crippen molar-refractivity contribution in [2.24, 2.45) is 5.73 Å². The van der Waals surface area contributed by atoms with Gasteiger partial charge in [-0.15, -0.1) is 0 Å².